The van der Waals surface area contributed by atoms with Crippen molar-refractivity contribution in [3.63, 3.8) is 0 Å². The highest BCUT2D eigenvalue weighted by Gasteiger charge is 2.31. The molecule has 1 aromatic rings. The van der Waals surface area contributed by atoms with Crippen LogP contribution in [0.4, 0.5) is 5.00 Å². The summed E-state index contributed by atoms with van der Waals surface area (Å²) in [6, 6.07) is 2.27. The third-order valence-electron chi connectivity index (χ3n) is 4.56. The number of rotatable bonds is 4. The zero-order valence-corrected chi connectivity index (χ0v) is 15.1. The molecule has 2 aliphatic rings. The first-order valence-corrected chi connectivity index (χ1v) is 9.20. The van der Waals surface area contributed by atoms with Gasteiger partial charge in [0.05, 0.1) is 44.0 Å². The minimum Gasteiger partial charge on any atom is -0.370 e. The number of anilines is 1. The summed E-state index contributed by atoms with van der Waals surface area (Å²) in [5.41, 5.74) is 1.38. The van der Waals surface area contributed by atoms with E-state index in [0.717, 1.165) is 43.3 Å². The molecule has 0 aromatic carbocycles. The Morgan fingerprint density at radius 3 is 2.88 bits per heavy atom. The number of hydrogen-bond acceptors (Lipinski definition) is 5. The third-order valence-corrected chi connectivity index (χ3v) is 5.68. The van der Waals surface area contributed by atoms with E-state index in [9.17, 15) is 10.1 Å². The molecule has 3 rings (SSSR count). The Hall–Kier alpha value is -1.46. The average Bonchev–Trinajstić information content (AvgIpc) is 2.89. The van der Waals surface area contributed by atoms with Gasteiger partial charge in [-0.3, -0.25) is 4.79 Å². The Bertz CT molecular complexity index is 657. The maximum absolute atomic E-state index is 12.3. The molecular weight excluding hydrogens is 326 g/mol. The number of quaternary nitrogens is 1. The van der Waals surface area contributed by atoms with Gasteiger partial charge in [0.1, 0.15) is 24.2 Å². The number of carbonyl (C=O) groups is 1. The number of ether oxygens (including phenoxy) is 2. The zero-order chi connectivity index (χ0) is 17.2. The van der Waals surface area contributed by atoms with Crippen molar-refractivity contribution >= 4 is 22.2 Å². The fourth-order valence-corrected chi connectivity index (χ4v) is 4.25. The first-order chi connectivity index (χ1) is 11.5. The molecule has 0 spiro atoms. The van der Waals surface area contributed by atoms with Crippen LogP contribution in [0.2, 0.25) is 0 Å². The number of nitriles is 1. The first kappa shape index (κ1) is 17.4. The van der Waals surface area contributed by atoms with E-state index in [1.807, 2.05) is 13.8 Å². The van der Waals surface area contributed by atoms with Gasteiger partial charge < -0.3 is 19.7 Å². The Morgan fingerprint density at radius 2 is 2.17 bits per heavy atom. The highest BCUT2D eigenvalue weighted by molar-refractivity contribution is 7.16. The molecule has 2 N–H and O–H groups in total. The summed E-state index contributed by atoms with van der Waals surface area (Å²) >= 11 is 1.47. The molecule has 0 saturated carbocycles. The summed E-state index contributed by atoms with van der Waals surface area (Å²) in [6.45, 7) is 8.81. The monoisotopic (exact) mass is 350 g/mol. The number of fused-ring (bicyclic) bond motifs is 1. The topological polar surface area (TPSA) is 75.8 Å². The molecule has 130 valence electrons. The van der Waals surface area contributed by atoms with Crippen LogP contribution in [0.3, 0.4) is 0 Å². The summed E-state index contributed by atoms with van der Waals surface area (Å²) in [5.74, 6) is -0.0238. The molecule has 2 aliphatic heterocycles. The van der Waals surface area contributed by atoms with Gasteiger partial charge in [0.2, 0.25) is 5.91 Å². The van der Waals surface area contributed by atoms with Gasteiger partial charge in [-0.2, -0.15) is 5.26 Å². The second-order valence-electron chi connectivity index (χ2n) is 6.96. The SMILES string of the molecule is CC1(C)Cc2c(sc(NC(=O)CC[NH+]3CCOCC3)c2C#N)CO1. The van der Waals surface area contributed by atoms with Gasteiger partial charge >= 0.3 is 0 Å². The molecule has 1 amide bonds. The summed E-state index contributed by atoms with van der Waals surface area (Å²) in [4.78, 5) is 14.7. The minimum atomic E-state index is -0.263. The number of morpholine rings is 1. The molecule has 1 aromatic heterocycles. The molecule has 3 heterocycles. The van der Waals surface area contributed by atoms with Crippen molar-refractivity contribution in [2.75, 3.05) is 38.2 Å². The van der Waals surface area contributed by atoms with Crippen LogP contribution in [0.5, 0.6) is 0 Å². The fraction of sp³-hybridized carbons (Fsp3) is 0.647. The van der Waals surface area contributed by atoms with Crippen molar-refractivity contribution in [1.29, 1.82) is 5.26 Å². The van der Waals surface area contributed by atoms with E-state index in [1.54, 1.807) is 0 Å². The summed E-state index contributed by atoms with van der Waals surface area (Å²) < 4.78 is 11.1. The van der Waals surface area contributed by atoms with Crippen LogP contribution in [-0.4, -0.2) is 44.4 Å². The predicted octanol–water partition coefficient (Wildman–Crippen LogP) is 0.715. The normalized spacial score (nSPS) is 20.2. The minimum absolute atomic E-state index is 0.0238. The maximum Gasteiger partial charge on any atom is 0.230 e. The van der Waals surface area contributed by atoms with Gasteiger partial charge in [-0.1, -0.05) is 0 Å². The van der Waals surface area contributed by atoms with Crippen LogP contribution in [0.1, 0.15) is 36.3 Å². The molecular formula is C17H24N3O3S+. The van der Waals surface area contributed by atoms with Gasteiger partial charge in [-0.05, 0) is 19.4 Å². The van der Waals surface area contributed by atoms with Crippen LogP contribution in [-0.2, 0) is 27.3 Å². The molecule has 0 aliphatic carbocycles. The van der Waals surface area contributed by atoms with E-state index in [1.165, 1.54) is 16.2 Å². The van der Waals surface area contributed by atoms with E-state index in [4.69, 9.17) is 9.47 Å². The second-order valence-corrected chi connectivity index (χ2v) is 8.06. The van der Waals surface area contributed by atoms with Gasteiger partial charge in [0.15, 0.2) is 0 Å². The number of nitrogens with zero attached hydrogens (tertiary/aromatic N) is 1. The van der Waals surface area contributed by atoms with Gasteiger partial charge in [-0.15, -0.1) is 11.3 Å². The Kier molecular flexibility index (Phi) is 5.21. The van der Waals surface area contributed by atoms with Crippen molar-refractivity contribution < 1.29 is 19.2 Å². The number of amides is 1. The lowest BCUT2D eigenvalue weighted by molar-refractivity contribution is -0.907. The molecule has 6 nitrogen and oxygen atoms in total. The zero-order valence-electron chi connectivity index (χ0n) is 14.2. The van der Waals surface area contributed by atoms with Crippen LogP contribution in [0.15, 0.2) is 0 Å². The molecule has 0 atom stereocenters. The number of hydrogen-bond donors (Lipinski definition) is 2. The lowest BCUT2D eigenvalue weighted by Crippen LogP contribution is -3.14. The second kappa shape index (κ2) is 7.19. The summed E-state index contributed by atoms with van der Waals surface area (Å²) in [7, 11) is 0. The Morgan fingerprint density at radius 1 is 1.42 bits per heavy atom. The van der Waals surface area contributed by atoms with Gasteiger partial charge in [0, 0.05) is 11.3 Å². The number of thiophene rings is 1. The smallest absolute Gasteiger partial charge is 0.230 e. The van der Waals surface area contributed by atoms with Crippen molar-refractivity contribution in [3.8, 4) is 6.07 Å². The van der Waals surface area contributed by atoms with E-state index in [-0.39, 0.29) is 11.5 Å². The van der Waals surface area contributed by atoms with E-state index in [2.05, 4.69) is 11.4 Å². The quantitative estimate of drug-likeness (QED) is 0.839. The van der Waals surface area contributed by atoms with Crippen molar-refractivity contribution in [3.05, 3.63) is 16.0 Å². The number of carbonyl (C=O) groups excluding carboxylic acids is 1. The van der Waals surface area contributed by atoms with Gasteiger partial charge in [0.25, 0.3) is 0 Å². The predicted molar refractivity (Wildman–Crippen MR) is 91.2 cm³/mol. The molecule has 1 fully saturated rings. The summed E-state index contributed by atoms with van der Waals surface area (Å²) in [5, 5.41) is 13.1. The van der Waals surface area contributed by atoms with E-state index in [0.29, 0.717) is 30.0 Å². The highest BCUT2D eigenvalue weighted by atomic mass is 32.1. The maximum atomic E-state index is 12.3. The first-order valence-electron chi connectivity index (χ1n) is 8.38. The Balaban J connectivity index is 1.64. The van der Waals surface area contributed by atoms with Crippen molar-refractivity contribution in [2.45, 2.75) is 38.9 Å². The molecule has 0 bridgehead atoms. The van der Waals surface area contributed by atoms with E-state index >= 15 is 0 Å². The lowest BCUT2D eigenvalue weighted by Gasteiger charge is -2.29. The fourth-order valence-electron chi connectivity index (χ4n) is 3.15. The van der Waals surface area contributed by atoms with Crippen molar-refractivity contribution in [2.24, 2.45) is 0 Å². The van der Waals surface area contributed by atoms with Crippen LogP contribution < -0.4 is 10.2 Å². The van der Waals surface area contributed by atoms with Crippen LogP contribution in [0, 0.1) is 11.3 Å². The van der Waals surface area contributed by atoms with Crippen LogP contribution >= 0.6 is 11.3 Å². The lowest BCUT2D eigenvalue weighted by atomic mass is 9.93. The van der Waals surface area contributed by atoms with Gasteiger partial charge in [-0.25, -0.2) is 0 Å². The Labute approximate surface area is 146 Å². The standard InChI is InChI=1S/C17H23N3O3S/c1-17(2)9-12-13(10-18)16(24-14(12)11-23-17)19-15(21)3-4-20-5-7-22-8-6-20/h3-9,11H2,1-2H3,(H,19,21)/p+1. The molecule has 7 heteroatoms. The van der Waals surface area contributed by atoms with E-state index < -0.39 is 0 Å². The van der Waals surface area contributed by atoms with Crippen LogP contribution in [0.25, 0.3) is 0 Å². The molecule has 0 unspecified atom stereocenters. The molecule has 24 heavy (non-hydrogen) atoms. The molecule has 0 radical (unpaired) electrons. The average molecular weight is 350 g/mol. The third kappa shape index (κ3) is 3.95. The van der Waals surface area contributed by atoms with Crippen molar-refractivity contribution in [1.82, 2.24) is 0 Å². The largest absolute Gasteiger partial charge is 0.370 e. The summed E-state index contributed by atoms with van der Waals surface area (Å²) in [6.07, 6.45) is 1.17. The molecule has 1 saturated heterocycles. The number of nitrogens with one attached hydrogen (secondary N) is 2. The highest BCUT2D eigenvalue weighted by Crippen LogP contribution is 2.39.